The van der Waals surface area contributed by atoms with Crippen molar-refractivity contribution in [2.24, 2.45) is 5.16 Å². The van der Waals surface area contributed by atoms with Crippen molar-refractivity contribution < 1.29 is 19.5 Å². The van der Waals surface area contributed by atoms with Crippen LogP contribution >= 0.6 is 0 Å². The van der Waals surface area contributed by atoms with Crippen LogP contribution in [-0.4, -0.2) is 27.0 Å². The van der Waals surface area contributed by atoms with Gasteiger partial charge in [-0.1, -0.05) is 47.6 Å². The standard InChI is InChI=1S/C29H25FN2O3/c1-18-15-25(30)11-12-26(18)27(17-28(32-35)24-13-14-31-19(2)16-24)22-7-3-20(4-8-22)21-5-9-23(10-6-21)29(33)34/h3-16,27,35H,17H2,1-2H3,(H,33,34). The van der Waals surface area contributed by atoms with Crippen molar-refractivity contribution in [3.05, 3.63) is 124 Å². The van der Waals surface area contributed by atoms with Crippen LogP contribution in [0, 0.1) is 19.7 Å². The molecule has 0 spiro atoms. The zero-order chi connectivity index (χ0) is 24.9. The summed E-state index contributed by atoms with van der Waals surface area (Å²) in [6.07, 6.45) is 2.08. The number of hydrogen-bond donors (Lipinski definition) is 2. The van der Waals surface area contributed by atoms with Crippen molar-refractivity contribution in [3.63, 3.8) is 0 Å². The van der Waals surface area contributed by atoms with Gasteiger partial charge in [-0.3, -0.25) is 4.98 Å². The topological polar surface area (TPSA) is 82.8 Å². The highest BCUT2D eigenvalue weighted by Crippen LogP contribution is 2.33. The molecule has 5 nitrogen and oxygen atoms in total. The summed E-state index contributed by atoms with van der Waals surface area (Å²) in [5, 5.41) is 22.6. The molecule has 1 heterocycles. The van der Waals surface area contributed by atoms with E-state index in [9.17, 15) is 14.4 Å². The van der Waals surface area contributed by atoms with E-state index in [1.165, 1.54) is 12.1 Å². The lowest BCUT2D eigenvalue weighted by molar-refractivity contribution is 0.0697. The molecule has 4 aromatic rings. The molecule has 1 unspecified atom stereocenters. The molecule has 0 aliphatic heterocycles. The first kappa shape index (κ1) is 23.8. The van der Waals surface area contributed by atoms with Gasteiger partial charge in [-0.2, -0.15) is 0 Å². The van der Waals surface area contributed by atoms with Crippen molar-refractivity contribution in [1.82, 2.24) is 4.98 Å². The van der Waals surface area contributed by atoms with Gasteiger partial charge in [0.2, 0.25) is 0 Å². The maximum atomic E-state index is 13.9. The molecule has 1 atom stereocenters. The van der Waals surface area contributed by atoms with E-state index in [1.54, 1.807) is 42.6 Å². The molecule has 3 aromatic carbocycles. The van der Waals surface area contributed by atoms with Crippen LogP contribution in [0.2, 0.25) is 0 Å². The monoisotopic (exact) mass is 468 g/mol. The predicted molar refractivity (Wildman–Crippen MR) is 134 cm³/mol. The zero-order valence-electron chi connectivity index (χ0n) is 19.4. The number of oxime groups is 1. The molecule has 6 heteroatoms. The number of aromatic carboxylic acids is 1. The van der Waals surface area contributed by atoms with E-state index < -0.39 is 5.97 Å². The van der Waals surface area contributed by atoms with Crippen molar-refractivity contribution in [2.45, 2.75) is 26.2 Å². The molecule has 0 aliphatic rings. The molecular weight excluding hydrogens is 443 g/mol. The van der Waals surface area contributed by atoms with Crippen LogP contribution in [-0.2, 0) is 0 Å². The maximum absolute atomic E-state index is 13.9. The van der Waals surface area contributed by atoms with Gasteiger partial charge < -0.3 is 10.3 Å². The average molecular weight is 469 g/mol. The Balaban J connectivity index is 1.71. The number of benzene rings is 3. The van der Waals surface area contributed by atoms with E-state index in [1.807, 2.05) is 44.2 Å². The van der Waals surface area contributed by atoms with E-state index in [4.69, 9.17) is 5.11 Å². The highest BCUT2D eigenvalue weighted by molar-refractivity contribution is 6.01. The minimum absolute atomic E-state index is 0.182. The fraction of sp³-hybridized carbons (Fsp3) is 0.138. The Morgan fingerprint density at radius 3 is 2.14 bits per heavy atom. The number of pyridine rings is 1. The number of aryl methyl sites for hydroxylation is 2. The first-order valence-electron chi connectivity index (χ1n) is 11.2. The van der Waals surface area contributed by atoms with E-state index in [-0.39, 0.29) is 17.3 Å². The fourth-order valence-corrected chi connectivity index (χ4v) is 4.29. The normalized spacial score (nSPS) is 12.4. The van der Waals surface area contributed by atoms with Gasteiger partial charge in [0.25, 0.3) is 0 Å². The predicted octanol–water partition coefficient (Wildman–Crippen LogP) is 6.60. The Bertz CT molecular complexity index is 1380. The second-order valence-electron chi connectivity index (χ2n) is 8.49. The number of carboxylic acids is 1. The minimum Gasteiger partial charge on any atom is -0.478 e. The molecule has 35 heavy (non-hydrogen) atoms. The summed E-state index contributed by atoms with van der Waals surface area (Å²) in [6.45, 7) is 3.75. The lowest BCUT2D eigenvalue weighted by Gasteiger charge is -2.21. The molecule has 0 bridgehead atoms. The Morgan fingerprint density at radius 2 is 1.57 bits per heavy atom. The summed E-state index contributed by atoms with van der Waals surface area (Å²) in [7, 11) is 0. The van der Waals surface area contributed by atoms with Gasteiger partial charge in [0.05, 0.1) is 11.3 Å². The number of nitrogens with zero attached hydrogens (tertiary/aromatic N) is 2. The third kappa shape index (κ3) is 5.44. The Hall–Kier alpha value is -4.32. The van der Waals surface area contributed by atoms with Gasteiger partial charge in [0.1, 0.15) is 5.82 Å². The summed E-state index contributed by atoms with van der Waals surface area (Å²) >= 11 is 0. The van der Waals surface area contributed by atoms with E-state index in [0.717, 1.165) is 39.1 Å². The van der Waals surface area contributed by atoms with E-state index in [0.29, 0.717) is 12.1 Å². The smallest absolute Gasteiger partial charge is 0.335 e. The third-order valence-electron chi connectivity index (χ3n) is 6.13. The molecule has 4 rings (SSSR count). The van der Waals surface area contributed by atoms with Gasteiger partial charge in [-0.05, 0) is 78.1 Å². The fourth-order valence-electron chi connectivity index (χ4n) is 4.29. The van der Waals surface area contributed by atoms with Gasteiger partial charge >= 0.3 is 5.97 Å². The first-order chi connectivity index (χ1) is 16.9. The second kappa shape index (κ2) is 10.3. The van der Waals surface area contributed by atoms with Gasteiger partial charge in [0.15, 0.2) is 0 Å². The minimum atomic E-state index is -0.963. The molecule has 0 radical (unpaired) electrons. The molecule has 0 saturated carbocycles. The van der Waals surface area contributed by atoms with E-state index in [2.05, 4.69) is 10.1 Å². The summed E-state index contributed by atoms with van der Waals surface area (Å²) in [5.41, 5.74) is 6.93. The number of rotatable bonds is 7. The maximum Gasteiger partial charge on any atom is 0.335 e. The van der Waals surface area contributed by atoms with Crippen LogP contribution < -0.4 is 0 Å². The highest BCUT2D eigenvalue weighted by atomic mass is 19.1. The third-order valence-corrected chi connectivity index (χ3v) is 6.13. The molecule has 0 saturated heterocycles. The Morgan fingerprint density at radius 1 is 0.914 bits per heavy atom. The Kier molecular flexibility index (Phi) is 7.01. The van der Waals surface area contributed by atoms with Gasteiger partial charge in [-0.25, -0.2) is 9.18 Å². The van der Waals surface area contributed by atoms with Crippen molar-refractivity contribution in [3.8, 4) is 11.1 Å². The van der Waals surface area contributed by atoms with Crippen LogP contribution in [0.5, 0.6) is 0 Å². The van der Waals surface area contributed by atoms with Crippen LogP contribution in [0.15, 0.2) is 90.2 Å². The van der Waals surface area contributed by atoms with Gasteiger partial charge in [0, 0.05) is 29.8 Å². The van der Waals surface area contributed by atoms with Crippen LogP contribution in [0.4, 0.5) is 4.39 Å². The molecule has 0 amide bonds. The number of carbonyl (C=O) groups is 1. The summed E-state index contributed by atoms with van der Waals surface area (Å²) in [5.74, 6) is -1.44. The number of hydrogen-bond acceptors (Lipinski definition) is 4. The SMILES string of the molecule is Cc1cc(C(CC(c2ccc(-c3ccc(C(=O)O)cc3)cc2)c2ccc(F)cc2C)=NO)ccn1. The van der Waals surface area contributed by atoms with Gasteiger partial charge in [-0.15, -0.1) is 0 Å². The lowest BCUT2D eigenvalue weighted by Crippen LogP contribution is -2.12. The summed E-state index contributed by atoms with van der Waals surface area (Å²) in [6, 6.07) is 23.1. The van der Waals surface area contributed by atoms with Crippen LogP contribution in [0.1, 0.15) is 50.6 Å². The number of carboxylic acid groups (broad SMARTS) is 1. The quantitative estimate of drug-likeness (QED) is 0.182. The zero-order valence-corrected chi connectivity index (χ0v) is 19.4. The summed E-state index contributed by atoms with van der Waals surface area (Å²) in [4.78, 5) is 15.3. The largest absolute Gasteiger partial charge is 0.478 e. The van der Waals surface area contributed by atoms with Crippen molar-refractivity contribution in [1.29, 1.82) is 0 Å². The average Bonchev–Trinajstić information content (AvgIpc) is 2.86. The molecule has 2 N–H and O–H groups in total. The summed E-state index contributed by atoms with van der Waals surface area (Å²) < 4.78 is 13.9. The Labute approximate surface area is 203 Å². The molecule has 176 valence electrons. The lowest BCUT2D eigenvalue weighted by atomic mass is 9.83. The highest BCUT2D eigenvalue weighted by Gasteiger charge is 2.21. The van der Waals surface area contributed by atoms with E-state index >= 15 is 0 Å². The van der Waals surface area contributed by atoms with Crippen LogP contribution in [0.3, 0.4) is 0 Å². The first-order valence-corrected chi connectivity index (χ1v) is 11.2. The molecular formula is C29H25FN2O3. The molecule has 0 aliphatic carbocycles. The number of aromatic nitrogens is 1. The second-order valence-corrected chi connectivity index (χ2v) is 8.49. The molecule has 1 aromatic heterocycles. The van der Waals surface area contributed by atoms with Crippen LogP contribution in [0.25, 0.3) is 11.1 Å². The van der Waals surface area contributed by atoms with Crippen molar-refractivity contribution >= 4 is 11.7 Å². The molecule has 0 fully saturated rings. The number of halogens is 1. The van der Waals surface area contributed by atoms with Crippen molar-refractivity contribution in [2.75, 3.05) is 0 Å².